The van der Waals surface area contributed by atoms with Gasteiger partial charge in [0.25, 0.3) is 11.6 Å². The second kappa shape index (κ2) is 6.31. The molecule has 108 valence electrons. The predicted octanol–water partition coefficient (Wildman–Crippen LogP) is 4.08. The third kappa shape index (κ3) is 3.64. The lowest BCUT2D eigenvalue weighted by Gasteiger charge is -2.09. The summed E-state index contributed by atoms with van der Waals surface area (Å²) in [5.74, 6) is -0.378. The molecule has 1 aromatic carbocycles. The summed E-state index contributed by atoms with van der Waals surface area (Å²) in [5.41, 5.74) is 1.19. The number of rotatable bonds is 3. The van der Waals surface area contributed by atoms with E-state index in [4.69, 9.17) is 0 Å². The van der Waals surface area contributed by atoms with Crippen LogP contribution in [-0.2, 0) is 0 Å². The number of hydrogen-bond acceptors (Lipinski definition) is 4. The van der Waals surface area contributed by atoms with Gasteiger partial charge in [0.2, 0.25) is 0 Å². The van der Waals surface area contributed by atoms with Crippen LogP contribution in [0.4, 0.5) is 11.4 Å². The van der Waals surface area contributed by atoms with Crippen LogP contribution in [-0.4, -0.2) is 15.8 Å². The van der Waals surface area contributed by atoms with Crippen LogP contribution < -0.4 is 5.32 Å². The molecule has 0 aliphatic rings. The molecule has 0 saturated heterocycles. The van der Waals surface area contributed by atoms with Gasteiger partial charge in [0.1, 0.15) is 4.60 Å². The minimum Gasteiger partial charge on any atom is -0.321 e. The molecule has 8 heteroatoms. The van der Waals surface area contributed by atoms with Gasteiger partial charge in [0.05, 0.1) is 10.6 Å². The molecule has 0 saturated carbocycles. The first-order valence-electron chi connectivity index (χ1n) is 5.76. The fraction of sp³-hybridized carbons (Fsp3) is 0.0769. The summed E-state index contributed by atoms with van der Waals surface area (Å²) in [6, 6.07) is 6.03. The van der Waals surface area contributed by atoms with Crippen molar-refractivity contribution in [1.82, 2.24) is 4.98 Å². The number of amides is 1. The number of carbonyl (C=O) groups excluding carboxylic acids is 1. The van der Waals surface area contributed by atoms with Crippen molar-refractivity contribution < 1.29 is 9.72 Å². The van der Waals surface area contributed by atoms with Gasteiger partial charge in [0, 0.05) is 27.9 Å². The van der Waals surface area contributed by atoms with Gasteiger partial charge in [-0.3, -0.25) is 14.9 Å². The van der Waals surface area contributed by atoms with E-state index in [1.807, 2.05) is 0 Å². The van der Waals surface area contributed by atoms with Crippen LogP contribution in [0.25, 0.3) is 0 Å². The molecule has 1 N–H and O–H groups in total. The van der Waals surface area contributed by atoms with Crippen molar-refractivity contribution in [1.29, 1.82) is 0 Å². The first-order valence-corrected chi connectivity index (χ1v) is 7.34. The van der Waals surface area contributed by atoms with E-state index < -0.39 is 4.92 Å². The summed E-state index contributed by atoms with van der Waals surface area (Å²) >= 11 is 6.47. The zero-order valence-electron chi connectivity index (χ0n) is 10.8. The lowest BCUT2D eigenvalue weighted by Crippen LogP contribution is -2.13. The molecule has 1 aromatic heterocycles. The molecule has 0 atom stereocenters. The second-order valence-electron chi connectivity index (χ2n) is 4.20. The zero-order valence-corrected chi connectivity index (χ0v) is 13.9. The predicted molar refractivity (Wildman–Crippen MR) is 85.4 cm³/mol. The molecule has 2 aromatic rings. The van der Waals surface area contributed by atoms with Crippen LogP contribution in [0.5, 0.6) is 0 Å². The Labute approximate surface area is 137 Å². The van der Waals surface area contributed by atoms with Gasteiger partial charge in [0.15, 0.2) is 0 Å². The standard InChI is InChI=1S/C13H9Br2N3O3/c1-7-4-9(14)10(6-11(7)18(20)21)17-13(19)8-2-3-16-12(15)5-8/h2-6H,1H3,(H,17,19). The number of nitro benzene ring substituents is 1. The highest BCUT2D eigenvalue weighted by Gasteiger charge is 2.16. The second-order valence-corrected chi connectivity index (χ2v) is 5.86. The Bertz CT molecular complexity index is 735. The number of benzene rings is 1. The molecule has 0 fully saturated rings. The van der Waals surface area contributed by atoms with Gasteiger partial charge in [-0.15, -0.1) is 0 Å². The van der Waals surface area contributed by atoms with E-state index >= 15 is 0 Å². The molecule has 0 bridgehead atoms. The molecule has 0 aliphatic carbocycles. The molecule has 6 nitrogen and oxygen atoms in total. The number of hydrogen-bond donors (Lipinski definition) is 1. The number of nitro groups is 1. The number of aryl methyl sites for hydroxylation is 1. The summed E-state index contributed by atoms with van der Waals surface area (Å²) in [4.78, 5) is 26.5. The van der Waals surface area contributed by atoms with Crippen LogP contribution in [0.15, 0.2) is 39.5 Å². The number of aromatic nitrogens is 1. The highest BCUT2D eigenvalue weighted by atomic mass is 79.9. The molecule has 0 radical (unpaired) electrons. The molecule has 1 amide bonds. The number of pyridine rings is 1. The number of carbonyl (C=O) groups is 1. The topological polar surface area (TPSA) is 85.1 Å². The van der Waals surface area contributed by atoms with E-state index in [0.29, 0.717) is 25.9 Å². The van der Waals surface area contributed by atoms with Crippen molar-refractivity contribution in [3.8, 4) is 0 Å². The normalized spacial score (nSPS) is 10.2. The molecular weight excluding hydrogens is 406 g/mol. The molecule has 2 rings (SSSR count). The van der Waals surface area contributed by atoms with Crippen LogP contribution in [0, 0.1) is 17.0 Å². The van der Waals surface area contributed by atoms with Crippen LogP contribution in [0.1, 0.15) is 15.9 Å². The van der Waals surface area contributed by atoms with Gasteiger partial charge in [-0.05, 0) is 57.0 Å². The average Bonchev–Trinajstić information content (AvgIpc) is 2.41. The Kier molecular flexibility index (Phi) is 4.69. The Morgan fingerprint density at radius 1 is 1.33 bits per heavy atom. The van der Waals surface area contributed by atoms with E-state index in [-0.39, 0.29) is 11.6 Å². The lowest BCUT2D eigenvalue weighted by atomic mass is 10.1. The van der Waals surface area contributed by atoms with Crippen molar-refractivity contribution in [3.05, 3.63) is 60.8 Å². The number of nitrogens with one attached hydrogen (secondary N) is 1. The van der Waals surface area contributed by atoms with Crippen molar-refractivity contribution in [3.63, 3.8) is 0 Å². The largest absolute Gasteiger partial charge is 0.321 e. The highest BCUT2D eigenvalue weighted by Crippen LogP contribution is 2.31. The van der Waals surface area contributed by atoms with Gasteiger partial charge in [-0.25, -0.2) is 4.98 Å². The SMILES string of the molecule is Cc1cc(Br)c(NC(=O)c2ccnc(Br)c2)cc1[N+](=O)[O-]. The van der Waals surface area contributed by atoms with Crippen molar-refractivity contribution in [2.24, 2.45) is 0 Å². The summed E-state index contributed by atoms with van der Waals surface area (Å²) in [6.45, 7) is 1.63. The maximum absolute atomic E-state index is 12.1. The van der Waals surface area contributed by atoms with Gasteiger partial charge in [-0.2, -0.15) is 0 Å². The van der Waals surface area contributed by atoms with Gasteiger partial charge >= 0.3 is 0 Å². The number of halogens is 2. The van der Waals surface area contributed by atoms with E-state index in [1.54, 1.807) is 25.1 Å². The Morgan fingerprint density at radius 3 is 2.67 bits per heavy atom. The first kappa shape index (κ1) is 15.6. The molecule has 0 unspecified atom stereocenters. The first-order chi connectivity index (χ1) is 9.88. The molecular formula is C13H9Br2N3O3. The maximum Gasteiger partial charge on any atom is 0.274 e. The smallest absolute Gasteiger partial charge is 0.274 e. The van der Waals surface area contributed by atoms with E-state index in [1.165, 1.54) is 12.3 Å². The Hall–Kier alpha value is -1.80. The quantitative estimate of drug-likeness (QED) is 0.465. The summed E-state index contributed by atoms with van der Waals surface area (Å²) in [7, 11) is 0. The summed E-state index contributed by atoms with van der Waals surface area (Å²) in [6.07, 6.45) is 1.49. The summed E-state index contributed by atoms with van der Waals surface area (Å²) in [5, 5.41) is 13.6. The lowest BCUT2D eigenvalue weighted by molar-refractivity contribution is -0.385. The third-order valence-corrected chi connectivity index (χ3v) is 3.81. The zero-order chi connectivity index (χ0) is 15.6. The van der Waals surface area contributed by atoms with Crippen LogP contribution in [0.3, 0.4) is 0 Å². The van der Waals surface area contributed by atoms with E-state index in [2.05, 4.69) is 42.2 Å². The monoisotopic (exact) mass is 413 g/mol. The van der Waals surface area contributed by atoms with Crippen LogP contribution >= 0.6 is 31.9 Å². The summed E-state index contributed by atoms with van der Waals surface area (Å²) < 4.78 is 1.11. The minimum absolute atomic E-state index is 0.0515. The fourth-order valence-corrected chi connectivity index (χ4v) is 2.61. The van der Waals surface area contributed by atoms with Crippen molar-refractivity contribution >= 4 is 49.1 Å². The van der Waals surface area contributed by atoms with Crippen LogP contribution in [0.2, 0.25) is 0 Å². The molecule has 1 heterocycles. The number of nitrogens with zero attached hydrogens (tertiary/aromatic N) is 2. The van der Waals surface area contributed by atoms with Gasteiger partial charge < -0.3 is 5.32 Å². The van der Waals surface area contributed by atoms with Gasteiger partial charge in [-0.1, -0.05) is 0 Å². The van der Waals surface area contributed by atoms with E-state index in [0.717, 1.165) is 0 Å². The molecule has 0 aliphatic heterocycles. The molecule has 21 heavy (non-hydrogen) atoms. The molecule has 0 spiro atoms. The van der Waals surface area contributed by atoms with Crippen molar-refractivity contribution in [2.75, 3.05) is 5.32 Å². The van der Waals surface area contributed by atoms with E-state index in [9.17, 15) is 14.9 Å². The number of anilines is 1. The Morgan fingerprint density at radius 2 is 2.05 bits per heavy atom. The van der Waals surface area contributed by atoms with Crippen molar-refractivity contribution in [2.45, 2.75) is 6.92 Å². The highest BCUT2D eigenvalue weighted by molar-refractivity contribution is 9.10. The Balaban J connectivity index is 2.33. The maximum atomic E-state index is 12.1. The average molecular weight is 415 g/mol. The minimum atomic E-state index is -0.486. The third-order valence-electron chi connectivity index (χ3n) is 2.72. The fourth-order valence-electron chi connectivity index (χ4n) is 1.69.